The van der Waals surface area contributed by atoms with E-state index in [0.29, 0.717) is 30.1 Å². The van der Waals surface area contributed by atoms with E-state index in [-0.39, 0.29) is 5.75 Å². The molecule has 0 heterocycles. The van der Waals surface area contributed by atoms with Crippen LogP contribution in [0.4, 0.5) is 0 Å². The largest absolute Gasteiger partial charge is 0.218 e. The predicted octanol–water partition coefficient (Wildman–Crippen LogP) is 2.51. The summed E-state index contributed by atoms with van der Waals surface area (Å²) in [6.07, 6.45) is 3.07. The predicted molar refractivity (Wildman–Crippen MR) is 78.4 cm³/mol. The van der Waals surface area contributed by atoms with Crippen LogP contribution < -0.4 is 0 Å². The van der Waals surface area contributed by atoms with Crippen LogP contribution in [-0.2, 0) is 15.8 Å². The van der Waals surface area contributed by atoms with E-state index in [1.165, 1.54) is 0 Å². The fraction of sp³-hybridized carbons (Fsp3) is 0.533. The van der Waals surface area contributed by atoms with Gasteiger partial charge >= 0.3 is 0 Å². The zero-order valence-electron chi connectivity index (χ0n) is 11.7. The van der Waals surface area contributed by atoms with Crippen LogP contribution in [0.1, 0.15) is 37.3 Å². The lowest BCUT2D eigenvalue weighted by atomic mass is 10.1. The van der Waals surface area contributed by atoms with Crippen LogP contribution in [0, 0.1) is 17.2 Å². The molecule has 1 aliphatic carbocycles. The summed E-state index contributed by atoms with van der Waals surface area (Å²) in [7, 11) is -3.34. The Morgan fingerprint density at radius 2 is 2.05 bits per heavy atom. The average molecular weight is 292 g/mol. The van der Waals surface area contributed by atoms with E-state index in [9.17, 15) is 8.42 Å². The first-order valence-corrected chi connectivity index (χ1v) is 8.63. The summed E-state index contributed by atoms with van der Waals surface area (Å²) in [5.74, 6) is 0.450. The lowest BCUT2D eigenvalue weighted by molar-refractivity contribution is 0.395. The summed E-state index contributed by atoms with van der Waals surface area (Å²) in [5.41, 5.74) is 1.03. The summed E-state index contributed by atoms with van der Waals surface area (Å²) in [6, 6.07) is 8.97. The second-order valence-corrected chi connectivity index (χ2v) is 7.30. The van der Waals surface area contributed by atoms with Gasteiger partial charge in [0.05, 0.1) is 17.4 Å². The molecule has 20 heavy (non-hydrogen) atoms. The van der Waals surface area contributed by atoms with Gasteiger partial charge in [-0.1, -0.05) is 25.1 Å². The molecule has 1 aromatic rings. The first-order valence-electron chi connectivity index (χ1n) is 7.02. The van der Waals surface area contributed by atoms with Crippen molar-refractivity contribution in [2.75, 3.05) is 13.1 Å². The molecule has 0 atom stereocenters. The number of nitrogens with zero attached hydrogens (tertiary/aromatic N) is 2. The molecule has 0 unspecified atom stereocenters. The highest BCUT2D eigenvalue weighted by Crippen LogP contribution is 2.31. The van der Waals surface area contributed by atoms with Crippen LogP contribution in [0.5, 0.6) is 0 Å². The molecule has 0 spiro atoms. The highest BCUT2D eigenvalue weighted by atomic mass is 32.2. The fourth-order valence-electron chi connectivity index (χ4n) is 2.22. The van der Waals surface area contributed by atoms with Gasteiger partial charge in [-0.2, -0.15) is 5.26 Å². The van der Waals surface area contributed by atoms with E-state index >= 15 is 0 Å². The summed E-state index contributed by atoms with van der Waals surface area (Å²) < 4.78 is 26.7. The van der Waals surface area contributed by atoms with Crippen molar-refractivity contribution in [3.8, 4) is 6.07 Å². The monoisotopic (exact) mass is 292 g/mol. The van der Waals surface area contributed by atoms with Crippen LogP contribution in [0.25, 0.3) is 0 Å². The maximum absolute atomic E-state index is 12.5. The lowest BCUT2D eigenvalue weighted by Gasteiger charge is -2.21. The third-order valence-corrected chi connectivity index (χ3v) is 5.30. The molecule has 108 valence electrons. The minimum Gasteiger partial charge on any atom is -0.212 e. The highest BCUT2D eigenvalue weighted by Gasteiger charge is 2.30. The lowest BCUT2D eigenvalue weighted by Crippen LogP contribution is -2.34. The van der Waals surface area contributed by atoms with Crippen LogP contribution in [-0.4, -0.2) is 25.8 Å². The smallest absolute Gasteiger partial charge is 0.212 e. The minimum atomic E-state index is -3.34. The van der Waals surface area contributed by atoms with E-state index in [1.807, 2.05) is 6.92 Å². The molecule has 1 fully saturated rings. The van der Waals surface area contributed by atoms with Gasteiger partial charge in [-0.3, -0.25) is 0 Å². The van der Waals surface area contributed by atoms with Crippen molar-refractivity contribution in [2.45, 2.75) is 31.9 Å². The molecule has 0 bridgehead atoms. The van der Waals surface area contributed by atoms with E-state index in [1.54, 1.807) is 28.6 Å². The van der Waals surface area contributed by atoms with E-state index in [0.717, 1.165) is 19.3 Å². The molecule has 0 N–H and O–H groups in total. The number of hydrogen-bond acceptors (Lipinski definition) is 3. The Bertz CT molecular complexity index is 601. The molecule has 2 rings (SSSR count). The van der Waals surface area contributed by atoms with Crippen molar-refractivity contribution in [2.24, 2.45) is 5.92 Å². The van der Waals surface area contributed by atoms with Gasteiger partial charge in [0.25, 0.3) is 0 Å². The molecule has 0 amide bonds. The van der Waals surface area contributed by atoms with Crippen molar-refractivity contribution < 1.29 is 8.42 Å². The second-order valence-electron chi connectivity index (χ2n) is 5.33. The third kappa shape index (κ3) is 3.81. The number of rotatable bonds is 7. The second kappa shape index (κ2) is 6.38. The van der Waals surface area contributed by atoms with Crippen LogP contribution >= 0.6 is 0 Å². The molecular formula is C15H20N2O2S. The van der Waals surface area contributed by atoms with Crippen molar-refractivity contribution >= 4 is 10.0 Å². The van der Waals surface area contributed by atoms with E-state index < -0.39 is 10.0 Å². The Kier molecular flexibility index (Phi) is 4.79. The van der Waals surface area contributed by atoms with Crippen molar-refractivity contribution in [1.29, 1.82) is 5.26 Å². The van der Waals surface area contributed by atoms with Crippen LogP contribution in [0.2, 0.25) is 0 Å². The molecule has 4 nitrogen and oxygen atoms in total. The molecule has 0 saturated heterocycles. The van der Waals surface area contributed by atoms with Gasteiger partial charge in [-0.15, -0.1) is 0 Å². The third-order valence-electron chi connectivity index (χ3n) is 3.50. The Labute approximate surface area is 121 Å². The van der Waals surface area contributed by atoms with Gasteiger partial charge in [0, 0.05) is 13.1 Å². The molecular weight excluding hydrogens is 272 g/mol. The Morgan fingerprint density at radius 3 is 2.65 bits per heavy atom. The maximum Gasteiger partial charge on any atom is 0.218 e. The summed E-state index contributed by atoms with van der Waals surface area (Å²) >= 11 is 0. The molecule has 0 aliphatic heterocycles. The molecule has 1 aliphatic rings. The number of sulfonamides is 1. The van der Waals surface area contributed by atoms with E-state index in [4.69, 9.17) is 5.26 Å². The fourth-order valence-corrected chi connectivity index (χ4v) is 3.95. The Morgan fingerprint density at radius 1 is 1.35 bits per heavy atom. The quantitative estimate of drug-likeness (QED) is 0.775. The van der Waals surface area contributed by atoms with E-state index in [2.05, 4.69) is 6.07 Å². The van der Waals surface area contributed by atoms with Gasteiger partial charge in [-0.25, -0.2) is 12.7 Å². The molecule has 1 saturated carbocycles. The van der Waals surface area contributed by atoms with Crippen molar-refractivity contribution in [3.63, 3.8) is 0 Å². The van der Waals surface area contributed by atoms with Gasteiger partial charge in [0.2, 0.25) is 10.0 Å². The zero-order valence-corrected chi connectivity index (χ0v) is 12.6. The van der Waals surface area contributed by atoms with Crippen LogP contribution in [0.15, 0.2) is 24.3 Å². The maximum atomic E-state index is 12.5. The summed E-state index contributed by atoms with van der Waals surface area (Å²) in [5, 5.41) is 9.05. The minimum absolute atomic E-state index is 0.0799. The van der Waals surface area contributed by atoms with Gasteiger partial charge in [0.15, 0.2) is 0 Å². The zero-order chi connectivity index (χ0) is 14.6. The number of hydrogen-bond donors (Lipinski definition) is 0. The first-order chi connectivity index (χ1) is 9.56. The molecule has 5 heteroatoms. The van der Waals surface area contributed by atoms with Crippen molar-refractivity contribution in [1.82, 2.24) is 4.31 Å². The Balaban J connectivity index is 2.17. The van der Waals surface area contributed by atoms with Crippen molar-refractivity contribution in [3.05, 3.63) is 35.4 Å². The van der Waals surface area contributed by atoms with Gasteiger partial charge < -0.3 is 0 Å². The number of benzene rings is 1. The van der Waals surface area contributed by atoms with Gasteiger partial charge in [-0.05, 0) is 36.8 Å². The first kappa shape index (κ1) is 15.0. The SMILES string of the molecule is CCCN(CC1CC1)S(=O)(=O)Cc1ccccc1C#N. The van der Waals surface area contributed by atoms with Crippen LogP contribution in [0.3, 0.4) is 0 Å². The summed E-state index contributed by atoms with van der Waals surface area (Å²) in [4.78, 5) is 0. The Hall–Kier alpha value is -1.38. The highest BCUT2D eigenvalue weighted by molar-refractivity contribution is 7.88. The summed E-state index contributed by atoms with van der Waals surface area (Å²) in [6.45, 7) is 3.18. The molecule has 1 aromatic carbocycles. The topological polar surface area (TPSA) is 61.2 Å². The normalized spacial score (nSPS) is 15.2. The van der Waals surface area contributed by atoms with Gasteiger partial charge in [0.1, 0.15) is 0 Å². The molecule has 0 aromatic heterocycles. The molecule has 0 radical (unpaired) electrons. The average Bonchev–Trinajstić information content (AvgIpc) is 3.22. The standard InChI is InChI=1S/C15H20N2O2S/c1-2-9-17(11-13-7-8-13)20(18,19)12-15-6-4-3-5-14(15)10-16/h3-6,13H,2,7-9,11-12H2,1H3. The number of nitriles is 1.